The summed E-state index contributed by atoms with van der Waals surface area (Å²) in [4.78, 5) is 3.78. The standard InChI is InChI=1S/C13H18N4O2S/c1-10-5-3-4-6-11(10)7-8-16-20(18,19)13-12(14)15-9-17(13)2/h3-6,9,16H,7-8,14H2,1-2H3. The molecule has 0 amide bonds. The first-order valence-electron chi connectivity index (χ1n) is 6.23. The number of imidazole rings is 1. The van der Waals surface area contributed by atoms with Crippen LogP contribution in [-0.4, -0.2) is 24.5 Å². The van der Waals surface area contributed by atoms with Gasteiger partial charge in [-0.2, -0.15) is 0 Å². The fourth-order valence-corrected chi connectivity index (χ4v) is 3.31. The third kappa shape index (κ3) is 3.00. The van der Waals surface area contributed by atoms with Crippen molar-refractivity contribution in [2.24, 2.45) is 7.05 Å². The van der Waals surface area contributed by atoms with E-state index in [1.807, 2.05) is 31.2 Å². The summed E-state index contributed by atoms with van der Waals surface area (Å²) in [6.07, 6.45) is 2.01. The van der Waals surface area contributed by atoms with Gasteiger partial charge in [0.2, 0.25) is 0 Å². The Kier molecular flexibility index (Phi) is 4.10. The summed E-state index contributed by atoms with van der Waals surface area (Å²) in [5.41, 5.74) is 7.85. The quantitative estimate of drug-likeness (QED) is 0.854. The smallest absolute Gasteiger partial charge is 0.260 e. The summed E-state index contributed by atoms with van der Waals surface area (Å²) in [6, 6.07) is 7.89. The summed E-state index contributed by atoms with van der Waals surface area (Å²) in [6.45, 7) is 2.32. The lowest BCUT2D eigenvalue weighted by Crippen LogP contribution is -2.28. The Morgan fingerprint density at radius 3 is 2.65 bits per heavy atom. The van der Waals surface area contributed by atoms with E-state index in [9.17, 15) is 8.42 Å². The van der Waals surface area contributed by atoms with Crippen molar-refractivity contribution >= 4 is 15.8 Å². The first-order chi connectivity index (χ1) is 9.42. The predicted molar refractivity (Wildman–Crippen MR) is 77.7 cm³/mol. The van der Waals surface area contributed by atoms with Crippen molar-refractivity contribution in [3.8, 4) is 0 Å². The third-order valence-corrected chi connectivity index (χ3v) is 4.70. The highest BCUT2D eigenvalue weighted by Crippen LogP contribution is 2.15. The van der Waals surface area contributed by atoms with Gasteiger partial charge in [-0.3, -0.25) is 0 Å². The normalized spacial score (nSPS) is 11.7. The summed E-state index contributed by atoms with van der Waals surface area (Å²) >= 11 is 0. The van der Waals surface area contributed by atoms with Crippen molar-refractivity contribution in [2.75, 3.05) is 12.3 Å². The second-order valence-corrected chi connectivity index (χ2v) is 6.30. The average molecular weight is 294 g/mol. The van der Waals surface area contributed by atoms with Crippen LogP contribution in [0.15, 0.2) is 35.6 Å². The summed E-state index contributed by atoms with van der Waals surface area (Å²) < 4.78 is 28.3. The number of nitrogens with zero attached hydrogens (tertiary/aromatic N) is 2. The highest BCUT2D eigenvalue weighted by Gasteiger charge is 2.21. The number of hydrogen-bond donors (Lipinski definition) is 2. The average Bonchev–Trinajstić information content (AvgIpc) is 2.72. The molecule has 0 unspecified atom stereocenters. The monoisotopic (exact) mass is 294 g/mol. The molecule has 7 heteroatoms. The molecule has 2 aromatic rings. The number of hydrogen-bond acceptors (Lipinski definition) is 4. The highest BCUT2D eigenvalue weighted by molar-refractivity contribution is 7.89. The number of rotatable bonds is 5. The van der Waals surface area contributed by atoms with Gasteiger partial charge in [0.05, 0.1) is 6.33 Å². The van der Waals surface area contributed by atoms with Crippen molar-refractivity contribution in [3.05, 3.63) is 41.7 Å². The highest BCUT2D eigenvalue weighted by atomic mass is 32.2. The molecule has 0 bridgehead atoms. The van der Waals surface area contributed by atoms with E-state index in [2.05, 4.69) is 9.71 Å². The van der Waals surface area contributed by atoms with Gasteiger partial charge in [-0.1, -0.05) is 24.3 Å². The van der Waals surface area contributed by atoms with Crippen molar-refractivity contribution < 1.29 is 8.42 Å². The maximum absolute atomic E-state index is 12.2. The minimum absolute atomic E-state index is 0.00211. The van der Waals surface area contributed by atoms with Crippen LogP contribution in [0.25, 0.3) is 0 Å². The molecule has 0 aliphatic heterocycles. The number of nitrogens with one attached hydrogen (secondary N) is 1. The molecular weight excluding hydrogens is 276 g/mol. The van der Waals surface area contributed by atoms with Crippen molar-refractivity contribution in [2.45, 2.75) is 18.4 Å². The Hall–Kier alpha value is -1.86. The third-order valence-electron chi connectivity index (χ3n) is 3.11. The molecule has 1 aromatic carbocycles. The lowest BCUT2D eigenvalue weighted by Gasteiger charge is -2.09. The zero-order chi connectivity index (χ0) is 14.8. The van der Waals surface area contributed by atoms with Crippen LogP contribution >= 0.6 is 0 Å². The Morgan fingerprint density at radius 2 is 2.05 bits per heavy atom. The zero-order valence-corrected chi connectivity index (χ0v) is 12.3. The molecular formula is C13H18N4O2S. The van der Waals surface area contributed by atoms with Crippen LogP contribution in [0.2, 0.25) is 0 Å². The van der Waals surface area contributed by atoms with Crippen molar-refractivity contribution in [1.29, 1.82) is 0 Å². The van der Waals surface area contributed by atoms with Gasteiger partial charge < -0.3 is 10.3 Å². The van der Waals surface area contributed by atoms with E-state index < -0.39 is 10.0 Å². The molecule has 0 radical (unpaired) electrons. The molecule has 0 fully saturated rings. The Balaban J connectivity index is 2.06. The summed E-state index contributed by atoms with van der Waals surface area (Å²) in [5, 5.41) is 0.00211. The molecule has 0 saturated carbocycles. The van der Waals surface area contributed by atoms with E-state index in [-0.39, 0.29) is 10.8 Å². The summed E-state index contributed by atoms with van der Waals surface area (Å²) in [5.74, 6) is 0.0101. The fraction of sp³-hybridized carbons (Fsp3) is 0.308. The zero-order valence-electron chi connectivity index (χ0n) is 11.5. The first kappa shape index (κ1) is 14.5. The number of aromatic nitrogens is 2. The molecule has 108 valence electrons. The Labute approximate surface area is 118 Å². The predicted octanol–water partition coefficient (Wildman–Crippen LogP) is 0.832. The maximum atomic E-state index is 12.2. The van der Waals surface area contributed by atoms with E-state index in [1.165, 1.54) is 10.9 Å². The van der Waals surface area contributed by atoms with Gasteiger partial charge in [-0.25, -0.2) is 18.1 Å². The minimum Gasteiger partial charge on any atom is -0.381 e. The molecule has 0 saturated heterocycles. The number of benzene rings is 1. The molecule has 0 aliphatic rings. The van der Waals surface area contributed by atoms with E-state index in [1.54, 1.807) is 7.05 Å². The topological polar surface area (TPSA) is 90.0 Å². The van der Waals surface area contributed by atoms with Crippen LogP contribution in [0.5, 0.6) is 0 Å². The van der Waals surface area contributed by atoms with Crippen LogP contribution in [0.1, 0.15) is 11.1 Å². The minimum atomic E-state index is -3.64. The number of nitrogens with two attached hydrogens (primary N) is 1. The summed E-state index contributed by atoms with van der Waals surface area (Å²) in [7, 11) is -2.04. The largest absolute Gasteiger partial charge is 0.381 e. The van der Waals surface area contributed by atoms with Gasteiger partial charge in [-0.05, 0) is 24.5 Å². The Morgan fingerprint density at radius 1 is 1.35 bits per heavy atom. The second-order valence-electron chi connectivity index (χ2n) is 4.62. The van der Waals surface area contributed by atoms with Gasteiger partial charge in [-0.15, -0.1) is 0 Å². The van der Waals surface area contributed by atoms with E-state index in [4.69, 9.17) is 5.73 Å². The van der Waals surface area contributed by atoms with Gasteiger partial charge >= 0.3 is 0 Å². The number of anilines is 1. The lowest BCUT2D eigenvalue weighted by molar-refractivity contribution is 0.572. The lowest BCUT2D eigenvalue weighted by atomic mass is 10.1. The van der Waals surface area contributed by atoms with Crippen LogP contribution in [0, 0.1) is 6.92 Å². The van der Waals surface area contributed by atoms with Crippen LogP contribution in [-0.2, 0) is 23.5 Å². The molecule has 1 heterocycles. The van der Waals surface area contributed by atoms with Gasteiger partial charge in [0.15, 0.2) is 10.8 Å². The molecule has 0 atom stereocenters. The number of aryl methyl sites for hydroxylation is 2. The fourth-order valence-electron chi connectivity index (χ4n) is 2.04. The number of sulfonamides is 1. The van der Waals surface area contributed by atoms with E-state index in [0.29, 0.717) is 13.0 Å². The molecule has 6 nitrogen and oxygen atoms in total. The van der Waals surface area contributed by atoms with Gasteiger partial charge in [0.1, 0.15) is 0 Å². The SMILES string of the molecule is Cc1ccccc1CCNS(=O)(=O)c1c(N)ncn1C. The van der Waals surface area contributed by atoms with Crippen molar-refractivity contribution in [1.82, 2.24) is 14.3 Å². The van der Waals surface area contributed by atoms with Crippen LogP contribution in [0.3, 0.4) is 0 Å². The van der Waals surface area contributed by atoms with Crippen LogP contribution in [0.4, 0.5) is 5.82 Å². The Bertz CT molecular complexity index is 687. The molecule has 2 rings (SSSR count). The second kappa shape index (κ2) is 5.64. The molecule has 0 aliphatic carbocycles. The maximum Gasteiger partial charge on any atom is 0.260 e. The van der Waals surface area contributed by atoms with Gasteiger partial charge in [0, 0.05) is 13.6 Å². The molecule has 1 aromatic heterocycles. The van der Waals surface area contributed by atoms with Crippen LogP contribution < -0.4 is 10.5 Å². The van der Waals surface area contributed by atoms with E-state index >= 15 is 0 Å². The van der Waals surface area contributed by atoms with Crippen molar-refractivity contribution in [3.63, 3.8) is 0 Å². The molecule has 3 N–H and O–H groups in total. The van der Waals surface area contributed by atoms with E-state index in [0.717, 1.165) is 11.1 Å². The first-order valence-corrected chi connectivity index (χ1v) is 7.71. The molecule has 0 spiro atoms. The van der Waals surface area contributed by atoms with Gasteiger partial charge in [0.25, 0.3) is 10.0 Å². The molecule has 20 heavy (non-hydrogen) atoms. The number of nitrogen functional groups attached to an aromatic ring is 1.